The third kappa shape index (κ3) is 3.90. The third-order valence-corrected chi connectivity index (χ3v) is 6.18. The van der Waals surface area contributed by atoms with Crippen molar-refractivity contribution >= 4 is 23.0 Å². The number of carbonyl (C=O) groups is 1. The van der Waals surface area contributed by atoms with Crippen molar-refractivity contribution in [3.63, 3.8) is 0 Å². The van der Waals surface area contributed by atoms with E-state index in [-0.39, 0.29) is 17.7 Å². The SMILES string of the molecule is CN1CCN(CC(=O)N2N=C(c3ccccc3O)C[C@@H]2c2cccs2)CC1. The predicted molar refractivity (Wildman–Crippen MR) is 107 cm³/mol. The number of phenolic OH excluding ortho intramolecular Hbond substituents is 1. The van der Waals surface area contributed by atoms with E-state index in [4.69, 9.17) is 0 Å². The van der Waals surface area contributed by atoms with E-state index in [9.17, 15) is 9.90 Å². The number of thiophene rings is 1. The molecule has 142 valence electrons. The van der Waals surface area contributed by atoms with Gasteiger partial charge in [0.15, 0.2) is 0 Å². The lowest BCUT2D eigenvalue weighted by molar-refractivity contribution is -0.134. The zero-order valence-corrected chi connectivity index (χ0v) is 16.2. The van der Waals surface area contributed by atoms with Crippen LogP contribution in [0.2, 0.25) is 0 Å². The molecule has 27 heavy (non-hydrogen) atoms. The van der Waals surface area contributed by atoms with Crippen LogP contribution in [0.1, 0.15) is 22.9 Å². The zero-order valence-electron chi connectivity index (χ0n) is 15.4. The molecule has 1 saturated heterocycles. The Bertz CT molecular complexity index is 828. The highest BCUT2D eigenvalue weighted by atomic mass is 32.1. The van der Waals surface area contributed by atoms with Gasteiger partial charge in [-0.05, 0) is 30.6 Å². The number of likely N-dealkylation sites (N-methyl/N-ethyl adjacent to an activating group) is 1. The standard InChI is InChI=1S/C20H24N4O2S/c1-22-8-10-23(11-9-22)14-20(26)24-17(19-7-4-12-27-19)13-16(21-24)15-5-2-3-6-18(15)25/h2-7,12,17,25H,8-11,13-14H2,1H3/t17-/m1/s1. The van der Waals surface area contributed by atoms with Gasteiger partial charge in [0, 0.05) is 43.0 Å². The number of rotatable bonds is 4. The van der Waals surface area contributed by atoms with E-state index >= 15 is 0 Å². The first-order chi connectivity index (χ1) is 13.1. The third-order valence-electron chi connectivity index (χ3n) is 5.21. The fourth-order valence-corrected chi connectivity index (χ4v) is 4.40. The van der Waals surface area contributed by atoms with Crippen LogP contribution < -0.4 is 0 Å². The molecule has 1 atom stereocenters. The zero-order chi connectivity index (χ0) is 18.8. The van der Waals surface area contributed by atoms with Crippen molar-refractivity contribution in [3.05, 3.63) is 52.2 Å². The summed E-state index contributed by atoms with van der Waals surface area (Å²) in [5.74, 6) is 0.220. The van der Waals surface area contributed by atoms with Gasteiger partial charge in [-0.1, -0.05) is 18.2 Å². The lowest BCUT2D eigenvalue weighted by Crippen LogP contribution is -2.48. The summed E-state index contributed by atoms with van der Waals surface area (Å²) >= 11 is 1.64. The minimum atomic E-state index is -0.0976. The lowest BCUT2D eigenvalue weighted by atomic mass is 10.0. The van der Waals surface area contributed by atoms with Crippen LogP contribution >= 0.6 is 11.3 Å². The Morgan fingerprint density at radius 2 is 1.96 bits per heavy atom. The summed E-state index contributed by atoms with van der Waals surface area (Å²) < 4.78 is 0. The minimum Gasteiger partial charge on any atom is -0.507 e. The molecule has 1 aromatic carbocycles. The second kappa shape index (κ2) is 7.80. The lowest BCUT2D eigenvalue weighted by Gasteiger charge is -2.33. The summed E-state index contributed by atoms with van der Waals surface area (Å²) in [5, 5.41) is 18.5. The van der Waals surface area contributed by atoms with Crippen molar-refractivity contribution in [2.45, 2.75) is 12.5 Å². The molecule has 2 aliphatic heterocycles. The fraction of sp³-hybridized carbons (Fsp3) is 0.400. The Kier molecular flexibility index (Phi) is 5.24. The van der Waals surface area contributed by atoms with Crippen LogP contribution in [-0.2, 0) is 4.79 Å². The largest absolute Gasteiger partial charge is 0.507 e. The molecule has 2 aliphatic rings. The number of aromatic hydroxyl groups is 1. The van der Waals surface area contributed by atoms with E-state index < -0.39 is 0 Å². The van der Waals surface area contributed by atoms with E-state index in [0.29, 0.717) is 18.5 Å². The van der Waals surface area contributed by atoms with Crippen molar-refractivity contribution in [2.75, 3.05) is 39.8 Å². The van der Waals surface area contributed by atoms with E-state index in [0.717, 1.165) is 36.8 Å². The number of carbonyl (C=O) groups excluding carboxylic acids is 1. The molecular weight excluding hydrogens is 360 g/mol. The van der Waals surface area contributed by atoms with Crippen LogP contribution in [0.15, 0.2) is 46.9 Å². The van der Waals surface area contributed by atoms with Crippen LogP contribution in [0.5, 0.6) is 5.75 Å². The molecule has 0 unspecified atom stereocenters. The minimum absolute atomic E-state index is 0.0170. The monoisotopic (exact) mass is 384 g/mol. The molecule has 1 N–H and O–H groups in total. The molecule has 0 bridgehead atoms. The van der Waals surface area contributed by atoms with Gasteiger partial charge in [-0.3, -0.25) is 9.69 Å². The summed E-state index contributed by atoms with van der Waals surface area (Å²) in [6.45, 7) is 4.14. The maximum absolute atomic E-state index is 13.1. The fourth-order valence-electron chi connectivity index (χ4n) is 3.59. The van der Waals surface area contributed by atoms with Crippen LogP contribution in [0, 0.1) is 0 Å². The van der Waals surface area contributed by atoms with Crippen molar-refractivity contribution in [1.82, 2.24) is 14.8 Å². The molecular formula is C20H24N4O2S. The normalized spacial score (nSPS) is 21.4. The Morgan fingerprint density at radius 1 is 1.19 bits per heavy atom. The highest BCUT2D eigenvalue weighted by Gasteiger charge is 2.35. The van der Waals surface area contributed by atoms with Gasteiger partial charge in [-0.2, -0.15) is 5.10 Å². The van der Waals surface area contributed by atoms with E-state index in [1.54, 1.807) is 28.5 Å². The van der Waals surface area contributed by atoms with Gasteiger partial charge in [-0.15, -0.1) is 11.3 Å². The van der Waals surface area contributed by atoms with Crippen LogP contribution in [0.3, 0.4) is 0 Å². The summed E-state index contributed by atoms with van der Waals surface area (Å²) in [6.07, 6.45) is 0.618. The van der Waals surface area contributed by atoms with Gasteiger partial charge in [0.05, 0.1) is 18.3 Å². The van der Waals surface area contributed by atoms with Gasteiger partial charge in [0.25, 0.3) is 5.91 Å². The van der Waals surface area contributed by atoms with Gasteiger partial charge >= 0.3 is 0 Å². The molecule has 4 rings (SSSR count). The van der Waals surface area contributed by atoms with Crippen LogP contribution in [0.4, 0.5) is 0 Å². The number of amides is 1. The first-order valence-electron chi connectivity index (χ1n) is 9.24. The maximum atomic E-state index is 13.1. The van der Waals surface area contributed by atoms with E-state index in [1.807, 2.05) is 23.6 Å². The highest BCUT2D eigenvalue weighted by Crippen LogP contribution is 2.36. The van der Waals surface area contributed by atoms with Gasteiger partial charge in [-0.25, -0.2) is 5.01 Å². The molecule has 0 saturated carbocycles. The quantitative estimate of drug-likeness (QED) is 0.879. The smallest absolute Gasteiger partial charge is 0.257 e. The molecule has 1 fully saturated rings. The van der Waals surface area contributed by atoms with E-state index in [1.165, 1.54) is 0 Å². The molecule has 0 radical (unpaired) electrons. The Balaban J connectivity index is 1.56. The van der Waals surface area contributed by atoms with Crippen molar-refractivity contribution < 1.29 is 9.90 Å². The maximum Gasteiger partial charge on any atom is 0.257 e. The van der Waals surface area contributed by atoms with E-state index in [2.05, 4.69) is 28.0 Å². The van der Waals surface area contributed by atoms with Crippen LogP contribution in [0.25, 0.3) is 0 Å². The molecule has 0 aliphatic carbocycles. The molecule has 7 heteroatoms. The number of hydrogen-bond acceptors (Lipinski definition) is 6. The Hall–Kier alpha value is -2.22. The number of phenols is 1. The second-order valence-electron chi connectivity index (χ2n) is 7.12. The van der Waals surface area contributed by atoms with Gasteiger partial charge in [0.2, 0.25) is 0 Å². The first kappa shape index (κ1) is 18.2. The molecule has 6 nitrogen and oxygen atoms in total. The van der Waals surface area contributed by atoms with Crippen molar-refractivity contribution in [3.8, 4) is 5.75 Å². The number of benzene rings is 1. The summed E-state index contributed by atoms with van der Waals surface area (Å²) in [6, 6.07) is 11.1. The number of nitrogens with zero attached hydrogens (tertiary/aromatic N) is 4. The number of piperazine rings is 1. The summed E-state index contributed by atoms with van der Waals surface area (Å²) in [5.41, 5.74) is 1.46. The van der Waals surface area contributed by atoms with Crippen molar-refractivity contribution in [1.29, 1.82) is 0 Å². The van der Waals surface area contributed by atoms with Crippen molar-refractivity contribution in [2.24, 2.45) is 5.10 Å². The molecule has 0 spiro atoms. The topological polar surface area (TPSA) is 59.4 Å². The summed E-state index contributed by atoms with van der Waals surface area (Å²) in [7, 11) is 2.11. The molecule has 3 heterocycles. The Labute approximate surface area is 163 Å². The molecule has 2 aromatic rings. The number of hydrazone groups is 1. The van der Waals surface area contributed by atoms with Crippen LogP contribution in [-0.4, -0.2) is 71.3 Å². The molecule has 1 aromatic heterocycles. The predicted octanol–water partition coefficient (Wildman–Crippen LogP) is 2.38. The number of para-hydroxylation sites is 1. The average molecular weight is 385 g/mol. The Morgan fingerprint density at radius 3 is 2.67 bits per heavy atom. The second-order valence-corrected chi connectivity index (χ2v) is 8.10. The van der Waals surface area contributed by atoms with Gasteiger partial charge in [0.1, 0.15) is 5.75 Å². The average Bonchev–Trinajstić information content (AvgIpc) is 3.33. The summed E-state index contributed by atoms with van der Waals surface area (Å²) in [4.78, 5) is 18.7. The first-order valence-corrected chi connectivity index (χ1v) is 10.1. The number of hydrogen-bond donors (Lipinski definition) is 1. The highest BCUT2D eigenvalue weighted by molar-refractivity contribution is 7.10. The molecule has 1 amide bonds. The van der Waals surface area contributed by atoms with Gasteiger partial charge < -0.3 is 10.0 Å².